The number of aromatic nitrogens is 4. The number of amides is 2. The lowest BCUT2D eigenvalue weighted by Crippen LogP contribution is -2.40. The Morgan fingerprint density at radius 2 is 2.31 bits per heavy atom. The first-order chi connectivity index (χ1) is 14.1. The van der Waals surface area contributed by atoms with Crippen LogP contribution in [0.5, 0.6) is 0 Å². The Kier molecular flexibility index (Phi) is 5.48. The van der Waals surface area contributed by atoms with Gasteiger partial charge in [-0.15, -0.1) is 0 Å². The normalized spacial score (nSPS) is 17.9. The van der Waals surface area contributed by atoms with Crippen molar-refractivity contribution >= 4 is 34.3 Å². The summed E-state index contributed by atoms with van der Waals surface area (Å²) in [5, 5.41) is 18.2. The summed E-state index contributed by atoms with van der Waals surface area (Å²) in [6, 6.07) is 3.83. The molecular formula is C20H26N6O3. The van der Waals surface area contributed by atoms with Crippen molar-refractivity contribution in [2.75, 3.05) is 13.1 Å². The van der Waals surface area contributed by atoms with Crippen molar-refractivity contribution in [2.24, 2.45) is 5.92 Å². The zero-order valence-electron chi connectivity index (χ0n) is 16.5. The number of nitrogens with one attached hydrogen (secondary N) is 2. The van der Waals surface area contributed by atoms with E-state index in [4.69, 9.17) is 4.98 Å². The molecule has 0 saturated carbocycles. The first-order valence-corrected chi connectivity index (χ1v) is 10.1. The van der Waals surface area contributed by atoms with Gasteiger partial charge >= 0.3 is 0 Å². The average Bonchev–Trinajstić information content (AvgIpc) is 3.46. The van der Waals surface area contributed by atoms with Crippen molar-refractivity contribution in [3.63, 3.8) is 0 Å². The van der Waals surface area contributed by atoms with E-state index < -0.39 is 5.92 Å². The number of imidazole rings is 1. The smallest absolute Gasteiger partial charge is 0.233 e. The highest BCUT2D eigenvalue weighted by Crippen LogP contribution is 2.34. The highest BCUT2D eigenvalue weighted by atomic mass is 16.5. The Balaban J connectivity index is 1.59. The molecular weight excluding hydrogens is 372 g/mol. The molecule has 0 radical (unpaired) electrons. The zero-order chi connectivity index (χ0) is 20.4. The highest BCUT2D eigenvalue weighted by molar-refractivity contribution is 5.92. The summed E-state index contributed by atoms with van der Waals surface area (Å²) in [5.74, 6) is 0.329. The number of likely N-dealkylation sites (tertiary alicyclic amines) is 1. The van der Waals surface area contributed by atoms with Crippen molar-refractivity contribution < 1.29 is 14.8 Å². The topological polar surface area (TPSA) is 118 Å². The molecule has 2 atom stereocenters. The van der Waals surface area contributed by atoms with Crippen LogP contribution in [-0.2, 0) is 9.59 Å². The van der Waals surface area contributed by atoms with Crippen molar-refractivity contribution in [3.8, 4) is 0 Å². The molecule has 2 aromatic heterocycles. The third kappa shape index (κ3) is 3.82. The molecule has 0 bridgehead atoms. The Morgan fingerprint density at radius 3 is 3.10 bits per heavy atom. The lowest BCUT2D eigenvalue weighted by Gasteiger charge is -2.29. The van der Waals surface area contributed by atoms with Gasteiger partial charge in [0.15, 0.2) is 0 Å². The van der Waals surface area contributed by atoms with E-state index in [1.807, 2.05) is 17.0 Å². The highest BCUT2D eigenvalue weighted by Gasteiger charge is 2.36. The second-order valence-electron chi connectivity index (χ2n) is 7.70. The van der Waals surface area contributed by atoms with Gasteiger partial charge in [-0.25, -0.2) is 10.0 Å². The molecule has 4 rings (SSSR count). The van der Waals surface area contributed by atoms with Crippen molar-refractivity contribution in [2.45, 2.75) is 45.1 Å². The maximum Gasteiger partial charge on any atom is 0.233 e. The molecule has 1 saturated heterocycles. The minimum Gasteiger partial charge on any atom is -0.340 e. The quantitative estimate of drug-likeness (QED) is 0.306. The van der Waals surface area contributed by atoms with Gasteiger partial charge in [-0.2, -0.15) is 5.10 Å². The van der Waals surface area contributed by atoms with Gasteiger partial charge in [0.25, 0.3) is 0 Å². The molecule has 0 unspecified atom stereocenters. The number of nitrogens with zero attached hydrogens (tertiary/aromatic N) is 4. The molecule has 3 N–H and O–H groups in total. The molecule has 3 heterocycles. The van der Waals surface area contributed by atoms with E-state index in [1.165, 1.54) is 0 Å². The Morgan fingerprint density at radius 1 is 1.45 bits per heavy atom. The second kappa shape index (κ2) is 8.20. The van der Waals surface area contributed by atoms with E-state index >= 15 is 0 Å². The van der Waals surface area contributed by atoms with E-state index in [2.05, 4.69) is 22.1 Å². The van der Waals surface area contributed by atoms with Gasteiger partial charge in [0, 0.05) is 11.9 Å². The number of unbranched alkanes of at least 4 members (excludes halogenated alkanes) is 1. The van der Waals surface area contributed by atoms with Crippen LogP contribution in [0.1, 0.15) is 50.9 Å². The van der Waals surface area contributed by atoms with Crippen molar-refractivity contribution in [1.29, 1.82) is 0 Å². The Bertz CT molecular complexity index is 964. The van der Waals surface area contributed by atoms with Gasteiger partial charge in [-0.3, -0.25) is 19.9 Å². The summed E-state index contributed by atoms with van der Waals surface area (Å²) in [7, 11) is 0. The SMILES string of the molecule is CCCC[C@H](CN(O)C=O)C(=O)N1CCC[C@H]1c1nc2cc3cn[nH]c3cc2[nH]1. The fourth-order valence-electron chi connectivity index (χ4n) is 4.19. The Labute approximate surface area is 168 Å². The number of H-pyrrole nitrogens is 2. The third-order valence-corrected chi connectivity index (χ3v) is 5.70. The number of benzene rings is 1. The fraction of sp³-hybridized carbons (Fsp3) is 0.500. The number of rotatable bonds is 8. The summed E-state index contributed by atoms with van der Waals surface area (Å²) in [5.41, 5.74) is 2.68. The number of fused-ring (bicyclic) bond motifs is 2. The number of aromatic amines is 2. The largest absolute Gasteiger partial charge is 0.340 e. The predicted molar refractivity (Wildman–Crippen MR) is 107 cm³/mol. The maximum absolute atomic E-state index is 13.3. The number of hydrogen-bond donors (Lipinski definition) is 3. The minimum absolute atomic E-state index is 0.0173. The average molecular weight is 398 g/mol. The minimum atomic E-state index is -0.417. The summed E-state index contributed by atoms with van der Waals surface area (Å²) in [6.07, 6.45) is 6.31. The number of carbonyl (C=O) groups excluding carboxylic acids is 2. The Hall–Kier alpha value is -2.94. The summed E-state index contributed by atoms with van der Waals surface area (Å²) < 4.78 is 0. The van der Waals surface area contributed by atoms with Crippen LogP contribution in [0.15, 0.2) is 18.3 Å². The number of hydrogen-bond acceptors (Lipinski definition) is 5. The summed E-state index contributed by atoms with van der Waals surface area (Å²) in [4.78, 5) is 34.1. The van der Waals surface area contributed by atoms with Crippen LogP contribution >= 0.6 is 0 Å². The van der Waals surface area contributed by atoms with Crippen LogP contribution in [0, 0.1) is 5.92 Å². The van der Waals surface area contributed by atoms with Gasteiger partial charge in [0.1, 0.15) is 5.82 Å². The van der Waals surface area contributed by atoms with Gasteiger partial charge in [-0.05, 0) is 31.4 Å². The molecule has 9 nitrogen and oxygen atoms in total. The van der Waals surface area contributed by atoms with E-state index in [-0.39, 0.29) is 18.5 Å². The molecule has 3 aromatic rings. The van der Waals surface area contributed by atoms with Crippen molar-refractivity contribution in [3.05, 3.63) is 24.2 Å². The first-order valence-electron chi connectivity index (χ1n) is 10.1. The molecule has 1 aromatic carbocycles. The monoisotopic (exact) mass is 398 g/mol. The van der Waals surface area contributed by atoms with Gasteiger partial charge in [-0.1, -0.05) is 19.8 Å². The lowest BCUT2D eigenvalue weighted by molar-refractivity contribution is -0.157. The van der Waals surface area contributed by atoms with E-state index in [0.29, 0.717) is 24.4 Å². The van der Waals surface area contributed by atoms with Crippen LogP contribution in [0.4, 0.5) is 0 Å². The molecule has 29 heavy (non-hydrogen) atoms. The lowest BCUT2D eigenvalue weighted by atomic mass is 9.99. The van der Waals surface area contributed by atoms with E-state index in [0.717, 1.165) is 53.4 Å². The molecule has 154 valence electrons. The van der Waals surface area contributed by atoms with E-state index in [9.17, 15) is 14.8 Å². The van der Waals surface area contributed by atoms with Gasteiger partial charge < -0.3 is 9.88 Å². The summed E-state index contributed by atoms with van der Waals surface area (Å²) in [6.45, 7) is 2.73. The van der Waals surface area contributed by atoms with Gasteiger partial charge in [0.05, 0.1) is 41.3 Å². The molecule has 2 amide bonds. The molecule has 1 aliphatic rings. The molecule has 0 aliphatic carbocycles. The first kappa shape index (κ1) is 19.4. The third-order valence-electron chi connectivity index (χ3n) is 5.70. The molecule has 0 spiro atoms. The van der Waals surface area contributed by atoms with E-state index in [1.54, 1.807) is 6.20 Å². The molecule has 1 aliphatic heterocycles. The zero-order valence-corrected chi connectivity index (χ0v) is 16.5. The van der Waals surface area contributed by atoms with Crippen LogP contribution in [0.3, 0.4) is 0 Å². The second-order valence-corrected chi connectivity index (χ2v) is 7.70. The molecule has 1 fully saturated rings. The predicted octanol–water partition coefficient (Wildman–Crippen LogP) is 2.76. The van der Waals surface area contributed by atoms with Crippen molar-refractivity contribution in [1.82, 2.24) is 30.1 Å². The van der Waals surface area contributed by atoms with Crippen LogP contribution in [0.25, 0.3) is 21.9 Å². The summed E-state index contributed by atoms with van der Waals surface area (Å²) >= 11 is 0. The maximum atomic E-state index is 13.3. The standard InChI is InChI=1S/C20H26N6O3/c1-2-3-5-13(11-25(29)12-27)20(28)26-7-4-6-18(26)19-22-16-8-14-10-21-24-15(14)9-17(16)23-19/h8-10,12-13,18,29H,2-7,11H2,1H3,(H,21,24)(H,22,23)/t13-,18+/m1/s1. The number of carbonyl (C=O) groups is 2. The van der Waals surface area contributed by atoms with Gasteiger partial charge in [0.2, 0.25) is 12.3 Å². The molecule has 9 heteroatoms. The van der Waals surface area contributed by atoms with Crippen LogP contribution in [0.2, 0.25) is 0 Å². The fourth-order valence-corrected chi connectivity index (χ4v) is 4.19. The number of hydroxylamine groups is 2. The van der Waals surface area contributed by atoms with Crippen LogP contribution < -0.4 is 0 Å². The van der Waals surface area contributed by atoms with Crippen LogP contribution in [-0.4, -0.2) is 60.7 Å².